The van der Waals surface area contributed by atoms with E-state index in [1.165, 1.54) is 0 Å². The van der Waals surface area contributed by atoms with Gasteiger partial charge in [-0.25, -0.2) is 16.8 Å². The molecular weight excluding hydrogens is 420 g/mol. The van der Waals surface area contributed by atoms with Crippen molar-refractivity contribution in [1.82, 2.24) is 0 Å². The van der Waals surface area contributed by atoms with Crippen molar-refractivity contribution in [2.24, 2.45) is 0 Å². The Hall–Kier alpha value is -0.600. The number of anilines is 1. The molecule has 0 atom stereocenters. The first-order chi connectivity index (χ1) is 11.4. The minimum Gasteiger partial charge on any atom is -0.744 e. The number of carbonyl (C=O) groups is 2. The van der Waals surface area contributed by atoms with Gasteiger partial charge in [-0.15, -0.1) is 0 Å². The fourth-order valence-electron chi connectivity index (χ4n) is 2.60. The molecule has 13 heteroatoms. The summed E-state index contributed by atoms with van der Waals surface area (Å²) < 4.78 is 66.9. The van der Waals surface area contributed by atoms with Crippen molar-refractivity contribution in [3.63, 3.8) is 0 Å². The molecule has 27 heavy (non-hydrogen) atoms. The van der Waals surface area contributed by atoms with Crippen LogP contribution in [0.5, 0.6) is 0 Å². The zero-order valence-corrected chi connectivity index (χ0v) is 19.7. The molecule has 2 N–H and O–H groups in total. The maximum absolute atomic E-state index is 12.6. The largest absolute Gasteiger partial charge is 1.00 e. The van der Waals surface area contributed by atoms with Crippen molar-refractivity contribution in [3.05, 3.63) is 52.6 Å². The second kappa shape index (κ2) is 8.03. The van der Waals surface area contributed by atoms with Crippen LogP contribution in [0.4, 0.5) is 5.69 Å². The molecule has 0 aliphatic heterocycles. The molecule has 0 saturated carbocycles. The average molecular weight is 427 g/mol. The topological polar surface area (TPSA) is 175 Å². The Morgan fingerprint density at radius 2 is 1.30 bits per heavy atom. The number of ketones is 2. The van der Waals surface area contributed by atoms with Crippen LogP contribution in [-0.4, -0.2) is 37.5 Å². The zero-order valence-electron chi connectivity index (χ0n) is 14.0. The smallest absolute Gasteiger partial charge is 0.744 e. The van der Waals surface area contributed by atoms with Crippen LogP contribution < -0.4 is 64.8 Å². The Morgan fingerprint density at radius 1 is 0.741 bits per heavy atom. The summed E-state index contributed by atoms with van der Waals surface area (Å²) in [5.74, 6) is -1.68. The van der Waals surface area contributed by atoms with E-state index in [1.807, 2.05) is 0 Å². The molecule has 0 bridgehead atoms. The van der Waals surface area contributed by atoms with Crippen molar-refractivity contribution < 1.29 is 94.6 Å². The molecule has 1 aliphatic rings. The average Bonchev–Trinajstić information content (AvgIpc) is 2.49. The van der Waals surface area contributed by atoms with E-state index in [0.717, 1.165) is 30.3 Å². The fraction of sp³-hybridized carbons (Fsp3) is 0. The van der Waals surface area contributed by atoms with Crippen LogP contribution >= 0.6 is 0 Å². The summed E-state index contributed by atoms with van der Waals surface area (Å²) in [7, 11) is -9.82. The van der Waals surface area contributed by atoms with Gasteiger partial charge in [0.15, 0.2) is 11.6 Å². The van der Waals surface area contributed by atoms with E-state index in [4.69, 9.17) is 5.73 Å². The van der Waals surface area contributed by atoms with Crippen LogP contribution in [-0.2, 0) is 20.2 Å². The number of fused-ring (bicyclic) bond motifs is 2. The Balaban J connectivity index is 0.00000182. The second-order valence-electron chi connectivity index (χ2n) is 5.17. The summed E-state index contributed by atoms with van der Waals surface area (Å²) in [5.41, 5.74) is 3.62. The third kappa shape index (κ3) is 4.22. The van der Waals surface area contributed by atoms with Crippen molar-refractivity contribution >= 4 is 37.5 Å². The third-order valence-electron chi connectivity index (χ3n) is 3.72. The standard InChI is InChI=1S/C14H9NO8S2.2Na/c15-12-10(25(21,22)23)4-3-8-11(12)14(17)7-2-1-6(24(18,19)20)5-9(7)13(8)16;;/h1-5H,15H2,(H,18,19,20)(H,21,22,23);;/q;2*+1/p-2. The minimum atomic E-state index is -4.97. The van der Waals surface area contributed by atoms with Crippen LogP contribution in [0.1, 0.15) is 31.8 Å². The summed E-state index contributed by atoms with van der Waals surface area (Å²) in [6, 6.07) is 4.32. The van der Waals surface area contributed by atoms with E-state index >= 15 is 0 Å². The van der Waals surface area contributed by atoms with Gasteiger partial charge in [-0.1, -0.05) is 0 Å². The summed E-state index contributed by atoms with van der Waals surface area (Å²) in [6.07, 6.45) is 0. The van der Waals surface area contributed by atoms with E-state index in [-0.39, 0.29) is 75.8 Å². The number of carbonyl (C=O) groups excluding carboxylic acids is 2. The molecule has 130 valence electrons. The van der Waals surface area contributed by atoms with Crippen LogP contribution in [0.25, 0.3) is 0 Å². The van der Waals surface area contributed by atoms with Gasteiger partial charge >= 0.3 is 59.1 Å². The molecule has 1 aliphatic carbocycles. The van der Waals surface area contributed by atoms with E-state index < -0.39 is 52.8 Å². The number of hydrogen-bond donors (Lipinski definition) is 1. The molecule has 2 aromatic carbocycles. The van der Waals surface area contributed by atoms with E-state index in [1.54, 1.807) is 0 Å². The van der Waals surface area contributed by atoms with E-state index in [2.05, 4.69) is 0 Å². The molecule has 0 saturated heterocycles. The molecule has 2 aromatic rings. The number of benzene rings is 2. The molecule has 9 nitrogen and oxygen atoms in total. The maximum Gasteiger partial charge on any atom is 1.00 e. The first-order valence-electron chi connectivity index (χ1n) is 6.50. The molecule has 0 fully saturated rings. The maximum atomic E-state index is 12.6. The molecule has 0 radical (unpaired) electrons. The minimum absolute atomic E-state index is 0. The van der Waals surface area contributed by atoms with Gasteiger partial charge in [-0.05, 0) is 30.3 Å². The van der Waals surface area contributed by atoms with Crippen molar-refractivity contribution in [2.45, 2.75) is 9.79 Å². The van der Waals surface area contributed by atoms with E-state index in [9.17, 15) is 35.5 Å². The molecular formula is C14H7NNa2O8S2. The van der Waals surface area contributed by atoms with Crippen LogP contribution in [0, 0.1) is 0 Å². The Kier molecular flexibility index (Phi) is 7.27. The molecule has 0 heterocycles. The molecule has 0 spiro atoms. The summed E-state index contributed by atoms with van der Waals surface area (Å²) >= 11 is 0. The van der Waals surface area contributed by atoms with Gasteiger partial charge in [-0.2, -0.15) is 0 Å². The van der Waals surface area contributed by atoms with Gasteiger partial charge in [0.25, 0.3) is 0 Å². The molecule has 0 amide bonds. The fourth-order valence-corrected chi connectivity index (χ4v) is 3.70. The van der Waals surface area contributed by atoms with Crippen LogP contribution in [0.2, 0.25) is 0 Å². The predicted octanol–water partition coefficient (Wildman–Crippen LogP) is -6.14. The summed E-state index contributed by atoms with van der Waals surface area (Å²) in [6.45, 7) is 0. The number of hydrogen-bond acceptors (Lipinski definition) is 9. The van der Waals surface area contributed by atoms with E-state index in [0.29, 0.717) is 0 Å². The monoisotopic (exact) mass is 427 g/mol. The van der Waals surface area contributed by atoms with Gasteiger partial charge in [0, 0.05) is 16.7 Å². The predicted molar refractivity (Wildman–Crippen MR) is 80.1 cm³/mol. The van der Waals surface area contributed by atoms with Crippen LogP contribution in [0.15, 0.2) is 40.1 Å². The second-order valence-corrected chi connectivity index (χ2v) is 7.90. The van der Waals surface area contributed by atoms with Gasteiger partial charge in [0.05, 0.1) is 21.0 Å². The van der Waals surface area contributed by atoms with Crippen molar-refractivity contribution in [3.8, 4) is 0 Å². The van der Waals surface area contributed by atoms with Gasteiger partial charge < -0.3 is 14.8 Å². The van der Waals surface area contributed by atoms with Crippen LogP contribution in [0.3, 0.4) is 0 Å². The number of rotatable bonds is 2. The Labute approximate surface area is 198 Å². The van der Waals surface area contributed by atoms with Crippen molar-refractivity contribution in [2.75, 3.05) is 5.73 Å². The first kappa shape index (κ1) is 24.4. The SMILES string of the molecule is Nc1c(S(=O)(=O)[O-])ccc2c1C(=O)c1ccc(S(=O)(=O)[O-])cc1C2=O.[Na+].[Na+]. The molecule has 0 aromatic heterocycles. The summed E-state index contributed by atoms with van der Waals surface area (Å²) in [5, 5.41) is 0. The Morgan fingerprint density at radius 3 is 1.81 bits per heavy atom. The van der Waals surface area contributed by atoms with Crippen molar-refractivity contribution in [1.29, 1.82) is 0 Å². The molecule has 3 rings (SSSR count). The zero-order chi connectivity index (χ0) is 18.7. The van der Waals surface area contributed by atoms with Gasteiger partial charge in [-0.3, -0.25) is 9.59 Å². The summed E-state index contributed by atoms with van der Waals surface area (Å²) in [4.78, 5) is 23.5. The molecule has 0 unspecified atom stereocenters. The van der Waals surface area contributed by atoms with Gasteiger partial charge in [0.2, 0.25) is 0 Å². The number of nitrogens with two attached hydrogens (primary N) is 1. The third-order valence-corrected chi connectivity index (χ3v) is 5.44. The Bertz CT molecular complexity index is 1190. The number of nitrogen functional groups attached to an aromatic ring is 1. The quantitative estimate of drug-likeness (QED) is 0.237. The van der Waals surface area contributed by atoms with Gasteiger partial charge in [0.1, 0.15) is 20.2 Å². The normalized spacial score (nSPS) is 13.1. The first-order valence-corrected chi connectivity index (χ1v) is 9.32.